The van der Waals surface area contributed by atoms with E-state index in [0.29, 0.717) is 37.1 Å². The number of benzene rings is 1. The molecule has 0 spiro atoms. The predicted octanol–water partition coefficient (Wildman–Crippen LogP) is 4.50. The first kappa shape index (κ1) is 21.1. The Hall–Kier alpha value is -3.78. The summed E-state index contributed by atoms with van der Waals surface area (Å²) in [5.74, 6) is 2.15. The van der Waals surface area contributed by atoms with Crippen molar-refractivity contribution in [2.45, 2.75) is 20.5 Å². The molecule has 0 saturated carbocycles. The largest absolute Gasteiger partial charge is 0.490 e. The fraction of sp³-hybridized carbons (Fsp3) is 0.280. The first-order valence-corrected chi connectivity index (χ1v) is 11.0. The van der Waals surface area contributed by atoms with Crippen LogP contribution in [0.1, 0.15) is 18.3 Å². The topological polar surface area (TPSA) is 85.3 Å². The number of aromatic nitrogens is 4. The number of anilines is 3. The summed E-state index contributed by atoms with van der Waals surface area (Å²) < 4.78 is 11.4. The van der Waals surface area contributed by atoms with Crippen molar-refractivity contribution in [2.24, 2.45) is 0 Å². The molecule has 0 fully saturated rings. The molecule has 4 heterocycles. The van der Waals surface area contributed by atoms with E-state index in [4.69, 9.17) is 19.4 Å². The highest BCUT2D eigenvalue weighted by Gasteiger charge is 2.17. The van der Waals surface area contributed by atoms with E-state index >= 15 is 0 Å². The summed E-state index contributed by atoms with van der Waals surface area (Å²) in [4.78, 5) is 20.9. The number of nitrogens with one attached hydrogen (secondary N) is 1. The average molecular weight is 443 g/mol. The smallest absolute Gasteiger partial charge is 0.165 e. The molecule has 8 heteroatoms. The summed E-state index contributed by atoms with van der Waals surface area (Å²) in [6.45, 7) is 6.42. The fourth-order valence-electron chi connectivity index (χ4n) is 3.86. The second-order valence-corrected chi connectivity index (χ2v) is 7.94. The number of aryl methyl sites for hydroxylation is 1. The lowest BCUT2D eigenvalue weighted by Crippen LogP contribution is -2.28. The number of ether oxygens (including phenoxy) is 2. The van der Waals surface area contributed by atoms with Crippen LogP contribution in [0, 0.1) is 6.92 Å². The maximum atomic E-state index is 5.77. The van der Waals surface area contributed by atoms with E-state index in [9.17, 15) is 0 Å². The minimum Gasteiger partial charge on any atom is -0.490 e. The van der Waals surface area contributed by atoms with Gasteiger partial charge in [-0.2, -0.15) is 0 Å². The summed E-state index contributed by atoms with van der Waals surface area (Å²) >= 11 is 0. The molecule has 0 aliphatic carbocycles. The summed E-state index contributed by atoms with van der Waals surface area (Å²) in [5.41, 5.74) is 5.25. The van der Waals surface area contributed by atoms with Crippen molar-refractivity contribution in [1.82, 2.24) is 19.9 Å². The molecular formula is C25H26N6O2. The number of fused-ring (bicyclic) bond motifs is 2. The summed E-state index contributed by atoms with van der Waals surface area (Å²) in [5, 5.41) is 4.29. The van der Waals surface area contributed by atoms with E-state index in [1.165, 1.54) is 0 Å². The lowest BCUT2D eigenvalue weighted by molar-refractivity contribution is 0.128. The number of nitrogens with zero attached hydrogens (tertiary/aromatic N) is 5. The monoisotopic (exact) mass is 442 g/mol. The third kappa shape index (κ3) is 4.29. The van der Waals surface area contributed by atoms with Gasteiger partial charge in [-0.15, -0.1) is 0 Å². The predicted molar refractivity (Wildman–Crippen MR) is 129 cm³/mol. The molecule has 1 aliphatic heterocycles. The van der Waals surface area contributed by atoms with E-state index in [1.807, 2.05) is 50.2 Å². The molecule has 168 valence electrons. The maximum Gasteiger partial charge on any atom is 0.165 e. The summed E-state index contributed by atoms with van der Waals surface area (Å²) in [6, 6.07) is 14.0. The number of rotatable bonds is 6. The third-order valence-electron chi connectivity index (χ3n) is 5.61. The van der Waals surface area contributed by atoms with Gasteiger partial charge in [0.05, 0.1) is 29.0 Å². The molecule has 0 saturated heterocycles. The number of hydrogen-bond acceptors (Lipinski definition) is 8. The Kier molecular flexibility index (Phi) is 5.75. The molecule has 3 aromatic heterocycles. The molecule has 0 atom stereocenters. The average Bonchev–Trinajstić information content (AvgIpc) is 2.83. The molecule has 0 radical (unpaired) electrons. The normalized spacial score (nSPS) is 13.0. The number of pyridine rings is 2. The van der Waals surface area contributed by atoms with Crippen LogP contribution >= 0.6 is 0 Å². The van der Waals surface area contributed by atoms with Crippen LogP contribution in [0.5, 0.6) is 5.75 Å². The van der Waals surface area contributed by atoms with Crippen LogP contribution < -0.4 is 15.0 Å². The summed E-state index contributed by atoms with van der Waals surface area (Å²) in [6.07, 6.45) is 1.78. The van der Waals surface area contributed by atoms with Crippen molar-refractivity contribution in [3.8, 4) is 17.1 Å². The maximum absolute atomic E-state index is 5.77. The Morgan fingerprint density at radius 3 is 2.88 bits per heavy atom. The molecule has 1 aliphatic rings. The van der Waals surface area contributed by atoms with E-state index < -0.39 is 0 Å². The van der Waals surface area contributed by atoms with E-state index in [0.717, 1.165) is 46.0 Å². The Balaban J connectivity index is 1.57. The molecule has 0 amide bonds. The van der Waals surface area contributed by atoms with Crippen LogP contribution in [0.2, 0.25) is 0 Å². The van der Waals surface area contributed by atoms with E-state index in [2.05, 4.69) is 33.3 Å². The van der Waals surface area contributed by atoms with Gasteiger partial charge in [0, 0.05) is 25.5 Å². The molecule has 1 aromatic carbocycles. The van der Waals surface area contributed by atoms with Gasteiger partial charge in [0.25, 0.3) is 0 Å². The van der Waals surface area contributed by atoms with Crippen LogP contribution in [0.15, 0.2) is 48.7 Å². The van der Waals surface area contributed by atoms with Crippen LogP contribution in [0.3, 0.4) is 0 Å². The van der Waals surface area contributed by atoms with E-state index in [1.54, 1.807) is 6.20 Å². The van der Waals surface area contributed by atoms with Gasteiger partial charge in [-0.3, -0.25) is 4.98 Å². The molecule has 0 unspecified atom stereocenters. The fourth-order valence-corrected chi connectivity index (χ4v) is 3.86. The van der Waals surface area contributed by atoms with Crippen LogP contribution in [-0.2, 0) is 11.3 Å². The second-order valence-electron chi connectivity index (χ2n) is 7.94. The van der Waals surface area contributed by atoms with E-state index in [-0.39, 0.29) is 0 Å². The molecule has 0 bridgehead atoms. The number of hydrogen-bond donors (Lipinski definition) is 1. The van der Waals surface area contributed by atoms with Gasteiger partial charge < -0.3 is 19.7 Å². The minimum atomic E-state index is 0.316. The standard InChI is InChI=1S/C25H26N6O2/c1-4-32-15-22-29-24(27-17-7-10-21-20(14-17)31(3)12-13-33-21)18-8-9-19(28-25(18)30-22)23-16(2)6-5-11-26-23/h5-11,14H,4,12-13,15H2,1-3H3,(H,27,28,29,30). The zero-order valence-corrected chi connectivity index (χ0v) is 19.0. The second kappa shape index (κ2) is 8.99. The van der Waals surface area contributed by atoms with Gasteiger partial charge >= 0.3 is 0 Å². The Morgan fingerprint density at radius 1 is 1.12 bits per heavy atom. The molecule has 4 aromatic rings. The van der Waals surface area contributed by atoms with Crippen LogP contribution in [0.4, 0.5) is 17.2 Å². The molecule has 5 rings (SSSR count). The highest BCUT2D eigenvalue weighted by Crippen LogP contribution is 2.35. The first-order valence-electron chi connectivity index (χ1n) is 11.0. The van der Waals surface area contributed by atoms with Gasteiger partial charge in [0.15, 0.2) is 11.5 Å². The molecule has 1 N–H and O–H groups in total. The van der Waals surface area contributed by atoms with Crippen molar-refractivity contribution < 1.29 is 9.47 Å². The van der Waals surface area contributed by atoms with Crippen molar-refractivity contribution in [3.05, 3.63) is 60.0 Å². The Labute approximate surface area is 192 Å². The van der Waals surface area contributed by atoms with Crippen molar-refractivity contribution in [2.75, 3.05) is 37.0 Å². The third-order valence-corrected chi connectivity index (χ3v) is 5.61. The zero-order valence-electron chi connectivity index (χ0n) is 19.0. The van der Waals surface area contributed by atoms with Gasteiger partial charge in [0.1, 0.15) is 24.8 Å². The minimum absolute atomic E-state index is 0.316. The Morgan fingerprint density at radius 2 is 2.03 bits per heavy atom. The quantitative estimate of drug-likeness (QED) is 0.467. The lowest BCUT2D eigenvalue weighted by atomic mass is 10.1. The summed E-state index contributed by atoms with van der Waals surface area (Å²) in [7, 11) is 2.07. The zero-order chi connectivity index (χ0) is 22.8. The lowest BCUT2D eigenvalue weighted by Gasteiger charge is -2.28. The van der Waals surface area contributed by atoms with Crippen molar-refractivity contribution in [3.63, 3.8) is 0 Å². The van der Waals surface area contributed by atoms with Gasteiger partial charge in [-0.1, -0.05) is 6.07 Å². The van der Waals surface area contributed by atoms with Gasteiger partial charge in [-0.05, 0) is 55.8 Å². The van der Waals surface area contributed by atoms with Crippen molar-refractivity contribution >= 4 is 28.2 Å². The van der Waals surface area contributed by atoms with Gasteiger partial charge in [0.2, 0.25) is 0 Å². The Bertz CT molecular complexity index is 1310. The molecule has 8 nitrogen and oxygen atoms in total. The van der Waals surface area contributed by atoms with Crippen LogP contribution in [-0.4, -0.2) is 46.7 Å². The highest BCUT2D eigenvalue weighted by atomic mass is 16.5. The molecular weight excluding hydrogens is 416 g/mol. The highest BCUT2D eigenvalue weighted by molar-refractivity contribution is 5.90. The van der Waals surface area contributed by atoms with Crippen LogP contribution in [0.25, 0.3) is 22.4 Å². The van der Waals surface area contributed by atoms with Gasteiger partial charge in [-0.25, -0.2) is 15.0 Å². The first-order chi connectivity index (χ1) is 16.1. The molecule has 33 heavy (non-hydrogen) atoms. The van der Waals surface area contributed by atoms with Crippen molar-refractivity contribution in [1.29, 1.82) is 0 Å². The number of likely N-dealkylation sites (N-methyl/N-ethyl adjacent to an activating group) is 1. The SMILES string of the molecule is CCOCc1nc(Nc2ccc3c(c2)N(C)CCO3)c2ccc(-c3ncccc3C)nc2n1.